The van der Waals surface area contributed by atoms with Gasteiger partial charge in [-0.1, -0.05) is 12.8 Å². The molecule has 4 N–H and O–H groups in total. The highest BCUT2D eigenvalue weighted by atomic mass is 32.1. The van der Waals surface area contributed by atoms with Crippen LogP contribution in [0.2, 0.25) is 0 Å². The molecule has 3 fully saturated rings. The molecule has 0 bridgehead atoms. The number of methoxy groups -OCH3 is 2. The van der Waals surface area contributed by atoms with Crippen molar-refractivity contribution in [1.29, 1.82) is 0 Å². The average Bonchev–Trinajstić information content (AvgIpc) is 3.37. The van der Waals surface area contributed by atoms with E-state index >= 15 is 0 Å². The van der Waals surface area contributed by atoms with Crippen LogP contribution in [-0.2, 0) is 4.79 Å². The number of hydrogen-bond donors (Lipinski definition) is 4. The van der Waals surface area contributed by atoms with Crippen LogP contribution in [0.4, 0.5) is 5.69 Å². The van der Waals surface area contributed by atoms with Gasteiger partial charge in [-0.3, -0.25) is 4.79 Å². The van der Waals surface area contributed by atoms with Gasteiger partial charge in [0.15, 0.2) is 5.11 Å². The third kappa shape index (κ3) is 3.81. The van der Waals surface area contributed by atoms with E-state index in [1.165, 1.54) is 0 Å². The SMILES string of the molecule is COc1cc(OC)cc(N2C(=S)N[C@H]3[C@@H](O)[C@H](O)C[C@@H](C(=O)NC4CCCC4)[C@H]32)c1. The number of nitrogens with one attached hydrogen (secondary N) is 2. The number of benzene rings is 1. The minimum atomic E-state index is -1.03. The summed E-state index contributed by atoms with van der Waals surface area (Å²) < 4.78 is 10.8. The Morgan fingerprint density at radius 1 is 1.17 bits per heavy atom. The lowest BCUT2D eigenvalue weighted by atomic mass is 9.77. The molecule has 0 radical (unpaired) electrons. The number of carbonyl (C=O) groups is 1. The van der Waals surface area contributed by atoms with E-state index in [-0.39, 0.29) is 18.4 Å². The van der Waals surface area contributed by atoms with Gasteiger partial charge in [0.1, 0.15) is 17.6 Å². The number of carbonyl (C=O) groups excluding carboxylic acids is 1. The lowest BCUT2D eigenvalue weighted by Gasteiger charge is -2.41. The first-order valence-electron chi connectivity index (χ1n) is 10.4. The molecule has 1 heterocycles. The normalized spacial score (nSPS) is 31.3. The Kier molecular flexibility index (Phi) is 6.04. The molecule has 30 heavy (non-hydrogen) atoms. The molecule has 8 nitrogen and oxygen atoms in total. The van der Waals surface area contributed by atoms with Crippen molar-refractivity contribution in [2.24, 2.45) is 5.92 Å². The largest absolute Gasteiger partial charge is 0.497 e. The van der Waals surface area contributed by atoms with Crippen molar-refractivity contribution in [2.45, 2.75) is 62.4 Å². The van der Waals surface area contributed by atoms with Crippen LogP contribution in [0.1, 0.15) is 32.1 Å². The Labute approximate surface area is 181 Å². The molecule has 1 aromatic carbocycles. The molecule has 2 aliphatic carbocycles. The molecule has 0 unspecified atom stereocenters. The van der Waals surface area contributed by atoms with Gasteiger partial charge in [0.25, 0.3) is 0 Å². The molecule has 1 saturated heterocycles. The second-order valence-electron chi connectivity index (χ2n) is 8.30. The topological polar surface area (TPSA) is 103 Å². The van der Waals surface area contributed by atoms with E-state index in [0.717, 1.165) is 25.7 Å². The van der Waals surface area contributed by atoms with Crippen LogP contribution in [0.5, 0.6) is 11.5 Å². The molecule has 3 aliphatic rings. The molecule has 5 atom stereocenters. The highest BCUT2D eigenvalue weighted by Gasteiger charge is 2.54. The summed E-state index contributed by atoms with van der Waals surface area (Å²) in [5.74, 6) is 0.561. The second-order valence-corrected chi connectivity index (χ2v) is 8.68. The molecular formula is C21H29N3O5S. The minimum Gasteiger partial charge on any atom is -0.497 e. The van der Waals surface area contributed by atoms with Gasteiger partial charge in [-0.05, 0) is 31.5 Å². The van der Waals surface area contributed by atoms with Gasteiger partial charge in [-0.15, -0.1) is 0 Å². The van der Waals surface area contributed by atoms with Gasteiger partial charge < -0.3 is 35.2 Å². The van der Waals surface area contributed by atoms with E-state index < -0.39 is 30.2 Å². The molecule has 2 saturated carbocycles. The molecule has 1 amide bonds. The molecule has 164 valence electrons. The maximum atomic E-state index is 13.2. The molecule has 9 heteroatoms. The Morgan fingerprint density at radius 3 is 2.40 bits per heavy atom. The Morgan fingerprint density at radius 2 is 1.80 bits per heavy atom. The first-order chi connectivity index (χ1) is 14.4. The summed E-state index contributed by atoms with van der Waals surface area (Å²) in [5, 5.41) is 27.7. The van der Waals surface area contributed by atoms with E-state index in [1.807, 2.05) is 17.0 Å². The fraction of sp³-hybridized carbons (Fsp3) is 0.619. The third-order valence-electron chi connectivity index (χ3n) is 6.50. The van der Waals surface area contributed by atoms with Crippen molar-refractivity contribution in [2.75, 3.05) is 19.1 Å². The summed E-state index contributed by atoms with van der Waals surface area (Å²) in [6, 6.07) is 4.58. The predicted molar refractivity (Wildman–Crippen MR) is 116 cm³/mol. The van der Waals surface area contributed by atoms with Crippen LogP contribution in [0, 0.1) is 5.92 Å². The lowest BCUT2D eigenvalue weighted by Crippen LogP contribution is -2.61. The summed E-state index contributed by atoms with van der Waals surface area (Å²) >= 11 is 5.58. The molecule has 1 aromatic rings. The zero-order valence-corrected chi connectivity index (χ0v) is 18.0. The predicted octanol–water partition coefficient (Wildman–Crippen LogP) is 0.936. The zero-order chi connectivity index (χ0) is 21.4. The maximum absolute atomic E-state index is 13.2. The summed E-state index contributed by atoms with van der Waals surface area (Å²) in [6.07, 6.45) is 2.33. The van der Waals surface area contributed by atoms with E-state index in [2.05, 4.69) is 10.6 Å². The first kappa shape index (κ1) is 21.1. The smallest absolute Gasteiger partial charge is 0.225 e. The van der Waals surface area contributed by atoms with E-state index in [9.17, 15) is 15.0 Å². The van der Waals surface area contributed by atoms with Crippen molar-refractivity contribution in [3.63, 3.8) is 0 Å². The highest BCUT2D eigenvalue weighted by Crippen LogP contribution is 2.39. The van der Waals surface area contributed by atoms with E-state index in [0.29, 0.717) is 22.3 Å². The number of hydrogen-bond acceptors (Lipinski definition) is 6. The number of rotatable bonds is 5. The number of anilines is 1. The van der Waals surface area contributed by atoms with E-state index in [1.54, 1.807) is 20.3 Å². The Hall–Kier alpha value is -2.10. The van der Waals surface area contributed by atoms with Crippen molar-refractivity contribution >= 4 is 28.9 Å². The number of ether oxygens (including phenoxy) is 2. The standard InChI is InChI=1S/C21H29N3O5S/c1-28-13-7-12(8-14(9-13)29-2)24-18-15(20(27)22-11-5-3-4-6-11)10-16(25)19(26)17(18)23-21(24)30/h7-9,11,15-19,25-26H,3-6,10H2,1-2H3,(H,22,27)(H,23,30)/t15-,16-,17-,18-,19+/m1/s1. The second kappa shape index (κ2) is 8.56. The van der Waals surface area contributed by atoms with E-state index in [4.69, 9.17) is 21.7 Å². The highest BCUT2D eigenvalue weighted by molar-refractivity contribution is 7.80. The minimum absolute atomic E-state index is 0.103. The number of aliphatic hydroxyl groups is 2. The summed E-state index contributed by atoms with van der Waals surface area (Å²) in [4.78, 5) is 15.1. The molecule has 0 spiro atoms. The van der Waals surface area contributed by atoms with Crippen molar-refractivity contribution < 1.29 is 24.5 Å². The number of thiocarbonyl (C=S) groups is 1. The number of amides is 1. The monoisotopic (exact) mass is 435 g/mol. The van der Waals surface area contributed by atoms with Crippen LogP contribution >= 0.6 is 12.2 Å². The van der Waals surface area contributed by atoms with Gasteiger partial charge in [0, 0.05) is 24.2 Å². The third-order valence-corrected chi connectivity index (χ3v) is 6.81. The van der Waals surface area contributed by atoms with Crippen LogP contribution in [0.25, 0.3) is 0 Å². The number of aliphatic hydroxyl groups excluding tert-OH is 2. The van der Waals surface area contributed by atoms with Crippen LogP contribution in [0.3, 0.4) is 0 Å². The fourth-order valence-corrected chi connectivity index (χ4v) is 5.31. The van der Waals surface area contributed by atoms with Crippen molar-refractivity contribution in [3.05, 3.63) is 18.2 Å². The fourth-order valence-electron chi connectivity index (χ4n) is 4.95. The first-order valence-corrected chi connectivity index (χ1v) is 10.8. The van der Waals surface area contributed by atoms with Crippen molar-refractivity contribution in [3.8, 4) is 11.5 Å². The molecular weight excluding hydrogens is 406 g/mol. The van der Waals surface area contributed by atoms with Gasteiger partial charge >= 0.3 is 0 Å². The van der Waals surface area contributed by atoms with Crippen molar-refractivity contribution in [1.82, 2.24) is 10.6 Å². The van der Waals surface area contributed by atoms with Gasteiger partial charge in [-0.2, -0.15) is 0 Å². The number of nitrogens with zero attached hydrogens (tertiary/aromatic N) is 1. The van der Waals surface area contributed by atoms with Crippen LogP contribution in [-0.4, -0.2) is 65.8 Å². The molecule has 1 aliphatic heterocycles. The summed E-state index contributed by atoms with van der Waals surface area (Å²) in [6.45, 7) is 0. The molecule has 0 aromatic heterocycles. The van der Waals surface area contributed by atoms with Gasteiger partial charge in [0.2, 0.25) is 5.91 Å². The van der Waals surface area contributed by atoms with Crippen LogP contribution in [0.15, 0.2) is 18.2 Å². The quantitative estimate of drug-likeness (QED) is 0.507. The molecule has 4 rings (SSSR count). The maximum Gasteiger partial charge on any atom is 0.225 e. The van der Waals surface area contributed by atoms with Gasteiger partial charge in [-0.25, -0.2) is 0 Å². The number of fused-ring (bicyclic) bond motifs is 1. The zero-order valence-electron chi connectivity index (χ0n) is 17.2. The van der Waals surface area contributed by atoms with Crippen LogP contribution < -0.4 is 25.0 Å². The van der Waals surface area contributed by atoms with Gasteiger partial charge in [0.05, 0.1) is 44.0 Å². The average molecular weight is 436 g/mol. The summed E-state index contributed by atoms with van der Waals surface area (Å²) in [7, 11) is 3.14. The Bertz CT molecular complexity index is 794. The summed E-state index contributed by atoms with van der Waals surface area (Å²) in [5.41, 5.74) is 0.707. The lowest BCUT2D eigenvalue weighted by molar-refractivity contribution is -0.131. The Balaban J connectivity index is 1.68.